The lowest BCUT2D eigenvalue weighted by Gasteiger charge is -2.09. The number of rotatable bonds is 4. The molecule has 0 aliphatic carbocycles. The third-order valence-electron chi connectivity index (χ3n) is 9.76. The topological polar surface area (TPSA) is 65.0 Å². The predicted molar refractivity (Wildman–Crippen MR) is 209 cm³/mol. The Hall–Kier alpha value is -6.63. The van der Waals surface area contributed by atoms with E-state index in [9.17, 15) is 0 Å². The number of benzene rings is 7. The van der Waals surface area contributed by atoms with Crippen LogP contribution in [0.3, 0.4) is 0 Å². The number of furan rings is 2. The highest BCUT2D eigenvalue weighted by Crippen LogP contribution is 2.41. The second kappa shape index (κ2) is 10.9. The minimum Gasteiger partial charge on any atom is -0.456 e. The van der Waals surface area contributed by atoms with E-state index >= 15 is 0 Å². The Balaban J connectivity index is 1.07. The Morgan fingerprint density at radius 1 is 0.373 bits per heavy atom. The molecule has 0 fully saturated rings. The molecule has 0 bridgehead atoms. The van der Waals surface area contributed by atoms with Gasteiger partial charge in [-0.15, -0.1) is 11.3 Å². The maximum Gasteiger partial charge on any atom is 0.164 e. The summed E-state index contributed by atoms with van der Waals surface area (Å²) in [4.78, 5) is 15.3. The quantitative estimate of drug-likeness (QED) is 0.186. The lowest BCUT2D eigenvalue weighted by atomic mass is 10.0. The number of fused-ring (bicyclic) bond motifs is 9. The van der Waals surface area contributed by atoms with Crippen LogP contribution in [-0.4, -0.2) is 15.0 Å². The van der Waals surface area contributed by atoms with Crippen LogP contribution in [0.2, 0.25) is 0 Å². The molecular weight excluding hydrogens is 647 g/mol. The molecule has 0 amide bonds. The first-order valence-corrected chi connectivity index (χ1v) is 17.7. The van der Waals surface area contributed by atoms with E-state index in [0.29, 0.717) is 17.5 Å². The molecule has 0 unspecified atom stereocenters. The van der Waals surface area contributed by atoms with Crippen LogP contribution < -0.4 is 0 Å². The van der Waals surface area contributed by atoms with Crippen molar-refractivity contribution in [2.45, 2.75) is 0 Å². The van der Waals surface area contributed by atoms with Crippen molar-refractivity contribution < 1.29 is 8.83 Å². The van der Waals surface area contributed by atoms with Crippen molar-refractivity contribution in [1.29, 1.82) is 0 Å². The molecule has 0 atom stereocenters. The Morgan fingerprint density at radius 2 is 1.04 bits per heavy atom. The molecule has 0 radical (unpaired) electrons. The molecule has 7 aromatic carbocycles. The minimum atomic E-state index is 0.611. The normalized spacial score (nSPS) is 11.9. The van der Waals surface area contributed by atoms with E-state index in [1.54, 1.807) is 11.3 Å². The van der Waals surface area contributed by atoms with Crippen molar-refractivity contribution in [2.75, 3.05) is 0 Å². The van der Waals surface area contributed by atoms with Gasteiger partial charge in [0.15, 0.2) is 17.5 Å². The number of hydrogen-bond donors (Lipinski definition) is 0. The predicted octanol–water partition coefficient (Wildman–Crippen LogP) is 12.7. The summed E-state index contributed by atoms with van der Waals surface area (Å²) in [5.41, 5.74) is 8.27. The highest BCUT2D eigenvalue weighted by atomic mass is 32.1. The van der Waals surface area contributed by atoms with Crippen molar-refractivity contribution >= 4 is 75.4 Å². The van der Waals surface area contributed by atoms with Crippen LogP contribution in [0.5, 0.6) is 0 Å². The summed E-state index contributed by atoms with van der Waals surface area (Å²) in [5, 5.41) is 6.62. The summed E-state index contributed by atoms with van der Waals surface area (Å²) in [7, 11) is 0. The van der Waals surface area contributed by atoms with Gasteiger partial charge in [-0.25, -0.2) is 15.0 Å². The molecule has 0 spiro atoms. The maximum absolute atomic E-state index is 6.46. The van der Waals surface area contributed by atoms with Gasteiger partial charge in [0, 0.05) is 64.0 Å². The van der Waals surface area contributed by atoms with E-state index in [2.05, 4.69) is 91.0 Å². The Labute approximate surface area is 295 Å². The van der Waals surface area contributed by atoms with Gasteiger partial charge in [-0.2, -0.15) is 0 Å². The second-order valence-corrected chi connectivity index (χ2v) is 13.8. The molecule has 4 heterocycles. The number of nitrogens with zero attached hydrogens (tertiary/aromatic N) is 3. The SMILES string of the molecule is c1ccc(-c2nc(-c3ccc4oc5cc(-c6cccc7c6oc6ccccc67)ccc5c4c3)nc(-c3cccc4sc5ccccc5c34)n2)cc1. The fourth-order valence-electron chi connectivity index (χ4n) is 7.36. The molecule has 6 heteroatoms. The summed E-state index contributed by atoms with van der Waals surface area (Å²) in [6.07, 6.45) is 0. The molecule has 0 aliphatic heterocycles. The highest BCUT2D eigenvalue weighted by Gasteiger charge is 2.19. The van der Waals surface area contributed by atoms with E-state index < -0.39 is 0 Å². The van der Waals surface area contributed by atoms with Crippen LogP contribution in [0.1, 0.15) is 0 Å². The van der Waals surface area contributed by atoms with Gasteiger partial charge in [-0.1, -0.05) is 103 Å². The van der Waals surface area contributed by atoms with Gasteiger partial charge in [0.1, 0.15) is 22.3 Å². The van der Waals surface area contributed by atoms with Crippen LogP contribution >= 0.6 is 11.3 Å². The maximum atomic E-state index is 6.46. The number of para-hydroxylation sites is 2. The van der Waals surface area contributed by atoms with Gasteiger partial charge in [-0.05, 0) is 54.1 Å². The molecule has 0 N–H and O–H groups in total. The first-order valence-electron chi connectivity index (χ1n) is 16.8. The van der Waals surface area contributed by atoms with E-state index in [4.69, 9.17) is 23.8 Å². The standard InChI is InChI=1S/C45H25N3O2S/c1-2-10-26(11-3-1)43-46-44(48-45(47-43)34-16-9-19-40-41(34)33-13-5-7-18-39(33)51-40)28-21-23-37-35(24-28)31-22-20-27(25-38(31)49-37)29-14-8-15-32-30-12-4-6-17-36(30)50-42(29)32/h1-25H. The summed E-state index contributed by atoms with van der Waals surface area (Å²) in [6.45, 7) is 0. The summed E-state index contributed by atoms with van der Waals surface area (Å²) in [6, 6.07) is 52.1. The van der Waals surface area contributed by atoms with Crippen molar-refractivity contribution in [2.24, 2.45) is 0 Å². The lowest BCUT2D eigenvalue weighted by Crippen LogP contribution is -2.00. The van der Waals surface area contributed by atoms with Gasteiger partial charge in [0.2, 0.25) is 0 Å². The average molecular weight is 672 g/mol. The van der Waals surface area contributed by atoms with Gasteiger partial charge in [0.05, 0.1) is 0 Å². The van der Waals surface area contributed by atoms with E-state index in [-0.39, 0.29) is 0 Å². The Kier molecular flexibility index (Phi) is 6.05. The molecule has 238 valence electrons. The zero-order chi connectivity index (χ0) is 33.5. The van der Waals surface area contributed by atoms with Gasteiger partial charge >= 0.3 is 0 Å². The Bertz CT molecular complexity index is 3160. The van der Waals surface area contributed by atoms with Crippen LogP contribution in [0, 0.1) is 0 Å². The summed E-state index contributed by atoms with van der Waals surface area (Å²) >= 11 is 1.79. The zero-order valence-electron chi connectivity index (χ0n) is 27.0. The van der Waals surface area contributed by atoms with Gasteiger partial charge in [0.25, 0.3) is 0 Å². The van der Waals surface area contributed by atoms with E-state index in [1.165, 1.54) is 20.2 Å². The van der Waals surface area contributed by atoms with Crippen molar-refractivity contribution in [3.05, 3.63) is 152 Å². The molecular formula is C45H25N3O2S. The van der Waals surface area contributed by atoms with Crippen LogP contribution in [0.15, 0.2) is 160 Å². The molecule has 11 aromatic rings. The molecule has 0 saturated carbocycles. The van der Waals surface area contributed by atoms with Crippen LogP contribution in [0.4, 0.5) is 0 Å². The summed E-state index contributed by atoms with van der Waals surface area (Å²) < 4.78 is 15.3. The first kappa shape index (κ1) is 28.2. The van der Waals surface area contributed by atoms with E-state index in [0.717, 1.165) is 71.7 Å². The molecule has 0 saturated heterocycles. The fourth-order valence-corrected chi connectivity index (χ4v) is 8.49. The molecule has 4 aromatic heterocycles. The smallest absolute Gasteiger partial charge is 0.164 e. The van der Waals surface area contributed by atoms with Crippen molar-refractivity contribution in [3.8, 4) is 45.3 Å². The van der Waals surface area contributed by atoms with Gasteiger partial charge in [-0.3, -0.25) is 0 Å². The zero-order valence-corrected chi connectivity index (χ0v) is 27.8. The molecule has 51 heavy (non-hydrogen) atoms. The number of aromatic nitrogens is 3. The van der Waals surface area contributed by atoms with Gasteiger partial charge < -0.3 is 8.83 Å². The summed E-state index contributed by atoms with van der Waals surface area (Å²) in [5.74, 6) is 1.89. The van der Waals surface area contributed by atoms with Crippen LogP contribution in [0.25, 0.3) is 109 Å². The highest BCUT2D eigenvalue weighted by molar-refractivity contribution is 7.25. The third kappa shape index (κ3) is 4.43. The minimum absolute atomic E-state index is 0.611. The Morgan fingerprint density at radius 3 is 1.96 bits per heavy atom. The third-order valence-corrected chi connectivity index (χ3v) is 10.9. The molecule has 5 nitrogen and oxygen atoms in total. The fraction of sp³-hybridized carbons (Fsp3) is 0. The molecule has 0 aliphatic rings. The second-order valence-electron chi connectivity index (χ2n) is 12.8. The average Bonchev–Trinajstić information content (AvgIpc) is 3.88. The largest absolute Gasteiger partial charge is 0.456 e. The first-order chi connectivity index (χ1) is 25.2. The number of thiophene rings is 1. The lowest BCUT2D eigenvalue weighted by molar-refractivity contribution is 0.668. The monoisotopic (exact) mass is 671 g/mol. The van der Waals surface area contributed by atoms with Crippen molar-refractivity contribution in [3.63, 3.8) is 0 Å². The molecule has 11 rings (SSSR count). The van der Waals surface area contributed by atoms with E-state index in [1.807, 2.05) is 60.7 Å². The van der Waals surface area contributed by atoms with Crippen molar-refractivity contribution in [1.82, 2.24) is 15.0 Å². The number of hydrogen-bond acceptors (Lipinski definition) is 6. The van der Waals surface area contributed by atoms with Crippen LogP contribution in [-0.2, 0) is 0 Å².